The lowest BCUT2D eigenvalue weighted by molar-refractivity contribution is -0.129. The van der Waals surface area contributed by atoms with Gasteiger partial charge in [-0.3, -0.25) is 4.79 Å². The maximum absolute atomic E-state index is 12.8. The van der Waals surface area contributed by atoms with Crippen LogP contribution in [0.3, 0.4) is 0 Å². The molecule has 0 spiro atoms. The van der Waals surface area contributed by atoms with Gasteiger partial charge in [0.1, 0.15) is 12.4 Å². The summed E-state index contributed by atoms with van der Waals surface area (Å²) < 4.78 is 17.0. The Labute approximate surface area is 196 Å². The molecule has 2 heterocycles. The summed E-state index contributed by atoms with van der Waals surface area (Å²) in [5, 5.41) is 16.5. The first-order valence-electron chi connectivity index (χ1n) is 11.1. The average Bonchev–Trinajstić information content (AvgIpc) is 3.39. The van der Waals surface area contributed by atoms with Crippen molar-refractivity contribution in [3.05, 3.63) is 66.0 Å². The zero-order valence-electron chi connectivity index (χ0n) is 18.7. The van der Waals surface area contributed by atoms with Crippen LogP contribution in [0, 0.1) is 0 Å². The molecule has 1 amide bonds. The minimum Gasteiger partial charge on any atom is -0.485 e. The summed E-state index contributed by atoms with van der Waals surface area (Å²) in [5.41, 5.74) is 0.837. The number of hydrogen-bond donors (Lipinski definition) is 2. The van der Waals surface area contributed by atoms with Gasteiger partial charge in [0.15, 0.2) is 23.4 Å². The van der Waals surface area contributed by atoms with Gasteiger partial charge in [0.2, 0.25) is 0 Å². The van der Waals surface area contributed by atoms with Crippen molar-refractivity contribution in [2.24, 2.45) is 0 Å². The highest BCUT2D eigenvalue weighted by atomic mass is 16.6. The van der Waals surface area contributed by atoms with E-state index in [0.29, 0.717) is 34.3 Å². The molecule has 10 nitrogen and oxygen atoms in total. The highest BCUT2D eigenvalue weighted by Crippen LogP contribution is 2.41. The van der Waals surface area contributed by atoms with Gasteiger partial charge in [0.05, 0.1) is 5.69 Å². The number of carbonyl (C=O) groups is 2. The van der Waals surface area contributed by atoms with Gasteiger partial charge < -0.3 is 19.5 Å². The predicted octanol–water partition coefficient (Wildman–Crippen LogP) is 4.01. The molecule has 0 saturated heterocycles. The number of anilines is 1. The summed E-state index contributed by atoms with van der Waals surface area (Å²) in [4.78, 5) is 24.7. The predicted molar refractivity (Wildman–Crippen MR) is 123 cm³/mol. The lowest BCUT2D eigenvalue weighted by atomic mass is 10.2. The normalized spacial score (nSPS) is 14.7. The summed E-state index contributed by atoms with van der Waals surface area (Å²) in [6, 6.07) is 11.5. The molecule has 0 aliphatic carbocycles. The Kier molecular flexibility index (Phi) is 7.49. The van der Waals surface area contributed by atoms with Gasteiger partial charge in [-0.05, 0) is 59.7 Å². The van der Waals surface area contributed by atoms with Crippen LogP contribution in [0.25, 0.3) is 0 Å². The summed E-state index contributed by atoms with van der Waals surface area (Å²) in [6.07, 6.45) is 6.87. The van der Waals surface area contributed by atoms with Crippen LogP contribution in [0.15, 0.2) is 54.6 Å². The molecule has 1 aromatic heterocycles. The van der Waals surface area contributed by atoms with Crippen molar-refractivity contribution >= 4 is 17.6 Å². The van der Waals surface area contributed by atoms with Crippen LogP contribution in [0.5, 0.6) is 17.2 Å². The maximum Gasteiger partial charge on any atom is 0.335 e. The molecule has 34 heavy (non-hydrogen) atoms. The lowest BCUT2D eigenvalue weighted by Gasteiger charge is -2.26. The Morgan fingerprint density at radius 2 is 2.06 bits per heavy atom. The highest BCUT2D eigenvalue weighted by Gasteiger charge is 2.28. The number of allylic oxidation sites excluding steroid dienone is 1. The molecule has 2 N–H and O–H groups in total. The number of unbranched alkanes of at least 4 members (excludes halogenated alkanes) is 3. The van der Waals surface area contributed by atoms with E-state index in [1.54, 1.807) is 42.5 Å². The van der Waals surface area contributed by atoms with Gasteiger partial charge in [-0.1, -0.05) is 31.9 Å². The molecule has 176 valence electrons. The minimum atomic E-state index is -0.532. The lowest BCUT2D eigenvalue weighted by Crippen LogP contribution is -2.24. The molecule has 1 unspecified atom stereocenters. The molecular weight excluding hydrogens is 438 g/mol. The number of rotatable bonds is 9. The molecule has 0 saturated carbocycles. The molecule has 0 bridgehead atoms. The molecule has 1 aliphatic rings. The standard InChI is InChI=1S/C24H25N5O5/c1-2-3-4-5-6-10-21(30)33-17-13-11-16(12-14-17)24(31)25-18-8-7-9-19-22(18)34-20(15-32-19)23-26-28-29-27-23/h6-14,20H,2-5,15H2,1H3,(H,25,31)(H,26,27,28,29)/b10-6+. The van der Waals surface area contributed by atoms with E-state index in [-0.39, 0.29) is 12.5 Å². The van der Waals surface area contributed by atoms with Crippen LogP contribution in [0.2, 0.25) is 0 Å². The zero-order chi connectivity index (χ0) is 23.8. The van der Waals surface area contributed by atoms with Crippen molar-refractivity contribution < 1.29 is 23.8 Å². The number of carbonyl (C=O) groups excluding carboxylic acids is 2. The molecule has 2 aromatic carbocycles. The molecular formula is C24H25N5O5. The number of nitrogens with one attached hydrogen (secondary N) is 2. The second-order valence-corrected chi connectivity index (χ2v) is 7.63. The van der Waals surface area contributed by atoms with Crippen molar-refractivity contribution in [3.63, 3.8) is 0 Å². The quantitative estimate of drug-likeness (QED) is 0.211. The first-order valence-corrected chi connectivity index (χ1v) is 11.1. The van der Waals surface area contributed by atoms with Gasteiger partial charge in [-0.2, -0.15) is 0 Å². The number of amides is 1. The first-order chi connectivity index (χ1) is 16.6. The van der Waals surface area contributed by atoms with Crippen LogP contribution in [-0.4, -0.2) is 39.1 Å². The van der Waals surface area contributed by atoms with Crippen LogP contribution < -0.4 is 19.5 Å². The first kappa shape index (κ1) is 23.0. The number of H-pyrrole nitrogens is 1. The number of ether oxygens (including phenoxy) is 3. The van der Waals surface area contributed by atoms with Gasteiger partial charge >= 0.3 is 5.97 Å². The number of nitrogens with zero attached hydrogens (tertiary/aromatic N) is 3. The SMILES string of the molecule is CCCCC/C=C/C(=O)Oc1ccc(C(=O)Nc2cccc3c2OC(c2nnn[nH]2)CO3)cc1. The third kappa shape index (κ3) is 5.77. The number of para-hydroxylation sites is 1. The largest absolute Gasteiger partial charge is 0.485 e. The molecule has 0 radical (unpaired) electrons. The summed E-state index contributed by atoms with van der Waals surface area (Å²) >= 11 is 0. The van der Waals surface area contributed by atoms with E-state index < -0.39 is 12.1 Å². The molecule has 3 aromatic rings. The second-order valence-electron chi connectivity index (χ2n) is 7.63. The van der Waals surface area contributed by atoms with Crippen LogP contribution in [0.1, 0.15) is 54.9 Å². The van der Waals surface area contributed by atoms with E-state index in [0.717, 1.165) is 25.7 Å². The third-order valence-corrected chi connectivity index (χ3v) is 5.11. The topological polar surface area (TPSA) is 128 Å². The summed E-state index contributed by atoms with van der Waals surface area (Å²) in [7, 11) is 0. The van der Waals surface area contributed by atoms with Crippen molar-refractivity contribution in [1.82, 2.24) is 20.6 Å². The van der Waals surface area contributed by atoms with Crippen molar-refractivity contribution in [3.8, 4) is 17.2 Å². The van der Waals surface area contributed by atoms with E-state index in [9.17, 15) is 9.59 Å². The fourth-order valence-corrected chi connectivity index (χ4v) is 3.34. The Hall–Kier alpha value is -4.21. The second kappa shape index (κ2) is 11.1. The van der Waals surface area contributed by atoms with Gasteiger partial charge in [-0.25, -0.2) is 9.89 Å². The number of benzene rings is 2. The van der Waals surface area contributed by atoms with E-state index in [2.05, 4.69) is 32.9 Å². The van der Waals surface area contributed by atoms with Crippen LogP contribution in [-0.2, 0) is 4.79 Å². The Balaban J connectivity index is 1.37. The summed E-state index contributed by atoms with van der Waals surface area (Å²) in [5.74, 6) is 0.878. The number of hydrogen-bond acceptors (Lipinski definition) is 8. The molecule has 1 aliphatic heterocycles. The number of fused-ring (bicyclic) bond motifs is 1. The number of aromatic amines is 1. The Morgan fingerprint density at radius 1 is 1.21 bits per heavy atom. The molecule has 0 fully saturated rings. The smallest absolute Gasteiger partial charge is 0.335 e. The zero-order valence-corrected chi connectivity index (χ0v) is 18.7. The van der Waals surface area contributed by atoms with Gasteiger partial charge in [-0.15, -0.1) is 5.10 Å². The average molecular weight is 463 g/mol. The molecule has 4 rings (SSSR count). The Bertz CT molecular complexity index is 1150. The van der Waals surface area contributed by atoms with Crippen molar-refractivity contribution in [2.75, 3.05) is 11.9 Å². The number of tetrazole rings is 1. The fraction of sp³-hybridized carbons (Fsp3) is 0.292. The number of esters is 1. The fourth-order valence-electron chi connectivity index (χ4n) is 3.34. The van der Waals surface area contributed by atoms with Crippen molar-refractivity contribution in [1.29, 1.82) is 0 Å². The van der Waals surface area contributed by atoms with E-state index in [4.69, 9.17) is 14.2 Å². The number of aromatic nitrogens is 4. The maximum atomic E-state index is 12.8. The third-order valence-electron chi connectivity index (χ3n) is 5.11. The summed E-state index contributed by atoms with van der Waals surface area (Å²) in [6.45, 7) is 2.36. The Morgan fingerprint density at radius 3 is 2.82 bits per heavy atom. The minimum absolute atomic E-state index is 0.232. The molecule has 1 atom stereocenters. The van der Waals surface area contributed by atoms with E-state index in [1.807, 2.05) is 6.08 Å². The van der Waals surface area contributed by atoms with Crippen molar-refractivity contribution in [2.45, 2.75) is 38.7 Å². The van der Waals surface area contributed by atoms with Crippen LogP contribution >= 0.6 is 0 Å². The van der Waals surface area contributed by atoms with E-state index in [1.165, 1.54) is 6.08 Å². The van der Waals surface area contributed by atoms with Gasteiger partial charge in [0.25, 0.3) is 5.91 Å². The highest BCUT2D eigenvalue weighted by molar-refractivity contribution is 6.05. The van der Waals surface area contributed by atoms with Crippen LogP contribution in [0.4, 0.5) is 5.69 Å². The van der Waals surface area contributed by atoms with Gasteiger partial charge in [0, 0.05) is 11.6 Å². The molecule has 10 heteroatoms. The monoisotopic (exact) mass is 463 g/mol. The van der Waals surface area contributed by atoms with E-state index >= 15 is 0 Å².